The number of amidine groups is 1. The van der Waals surface area contributed by atoms with Crippen LogP contribution in [0, 0.1) is 11.8 Å². The van der Waals surface area contributed by atoms with Gasteiger partial charge in [-0.1, -0.05) is 159 Å². The molecule has 0 bridgehead atoms. The number of allylic oxidation sites excluding steroid dienone is 5. The van der Waals surface area contributed by atoms with Gasteiger partial charge in [-0.3, -0.25) is 4.99 Å². The summed E-state index contributed by atoms with van der Waals surface area (Å²) in [5.74, 6) is 1.28. The van der Waals surface area contributed by atoms with Gasteiger partial charge in [-0.25, -0.2) is 4.99 Å². The lowest BCUT2D eigenvalue weighted by atomic mass is 9.75. The fraction of sp³-hybridized carbons (Fsp3) is 0.104. The molecule has 16 rings (SSSR count). The molecule has 6 heteroatoms. The van der Waals surface area contributed by atoms with Crippen LogP contribution in [0.1, 0.15) is 60.2 Å². The van der Waals surface area contributed by atoms with Crippen LogP contribution < -0.4 is 0 Å². The lowest BCUT2D eigenvalue weighted by molar-refractivity contribution is 0.536. The Balaban J connectivity index is 1.02. The molecular formula is C67H45N3OS2. The smallest absolute Gasteiger partial charge is 0.155 e. The van der Waals surface area contributed by atoms with Crippen molar-refractivity contribution >= 4 is 135 Å². The summed E-state index contributed by atoms with van der Waals surface area (Å²) in [6, 6.07) is 62.5. The highest BCUT2D eigenvalue weighted by atomic mass is 32.1. The summed E-state index contributed by atoms with van der Waals surface area (Å²) in [6.07, 6.45) is 12.4. The van der Waals surface area contributed by atoms with Crippen LogP contribution in [-0.4, -0.2) is 16.1 Å². The number of aromatic nitrogens is 1. The Bertz CT molecular complexity index is 4720. The molecule has 4 atom stereocenters. The molecule has 13 aromatic rings. The summed E-state index contributed by atoms with van der Waals surface area (Å²) in [5.41, 5.74) is 12.3. The highest BCUT2D eigenvalue weighted by Crippen LogP contribution is 2.50. The first-order chi connectivity index (χ1) is 36.0. The summed E-state index contributed by atoms with van der Waals surface area (Å²) in [7, 11) is 0. The van der Waals surface area contributed by atoms with Gasteiger partial charge < -0.3 is 8.98 Å². The van der Waals surface area contributed by atoms with Gasteiger partial charge in [-0.05, 0) is 105 Å². The van der Waals surface area contributed by atoms with E-state index >= 15 is 0 Å². The molecule has 0 spiro atoms. The number of furan rings is 1. The van der Waals surface area contributed by atoms with Crippen LogP contribution in [0.15, 0.2) is 214 Å². The molecule has 4 aromatic heterocycles. The maximum absolute atomic E-state index is 7.16. The normalized spacial score (nSPS) is 18.7. The molecule has 0 saturated heterocycles. The predicted molar refractivity (Wildman–Crippen MR) is 312 cm³/mol. The largest absolute Gasteiger partial charge is 0.456 e. The lowest BCUT2D eigenvalue weighted by Gasteiger charge is -2.30. The van der Waals surface area contributed by atoms with Crippen LogP contribution in [0.3, 0.4) is 0 Å². The van der Waals surface area contributed by atoms with Gasteiger partial charge >= 0.3 is 0 Å². The third-order valence-corrected chi connectivity index (χ3v) is 18.8. The number of benzene rings is 9. The molecule has 1 aliphatic heterocycles. The summed E-state index contributed by atoms with van der Waals surface area (Å²) in [4.78, 5) is 11.8. The third-order valence-electron chi connectivity index (χ3n) is 16.3. The van der Waals surface area contributed by atoms with E-state index in [0.717, 1.165) is 56.5 Å². The Labute approximate surface area is 428 Å². The van der Waals surface area contributed by atoms with Crippen molar-refractivity contribution in [2.24, 2.45) is 21.8 Å². The second-order valence-corrected chi connectivity index (χ2v) is 22.3. The quantitative estimate of drug-likeness (QED) is 0.169. The Morgan fingerprint density at radius 2 is 1.26 bits per heavy atom. The average Bonchev–Trinajstić information content (AvgIpc) is 4.20. The fourth-order valence-electron chi connectivity index (χ4n) is 12.9. The summed E-state index contributed by atoms with van der Waals surface area (Å²) < 4.78 is 14.9. The number of rotatable bonds is 5. The molecule has 4 nitrogen and oxygen atoms in total. The molecule has 9 aromatic carbocycles. The minimum absolute atomic E-state index is 0.0181. The first-order valence-electron chi connectivity index (χ1n) is 25.5. The van der Waals surface area contributed by atoms with E-state index in [1.165, 1.54) is 95.4 Å². The maximum atomic E-state index is 7.16. The van der Waals surface area contributed by atoms with E-state index in [-0.39, 0.29) is 17.9 Å². The summed E-state index contributed by atoms with van der Waals surface area (Å²) in [6.45, 7) is 4.73. The molecule has 346 valence electrons. The van der Waals surface area contributed by atoms with Gasteiger partial charge in [0.15, 0.2) is 5.84 Å². The van der Waals surface area contributed by atoms with Crippen LogP contribution in [0.5, 0.6) is 0 Å². The molecule has 4 unspecified atom stereocenters. The van der Waals surface area contributed by atoms with Gasteiger partial charge in [0, 0.05) is 74.1 Å². The summed E-state index contributed by atoms with van der Waals surface area (Å²) in [5, 5.41) is 13.4. The SMILES string of the molecule is CCC1C(c2cccc3c2sc2ccccc23)=NC(c2cc(-n3c4c(c5cc6ccccc6cc53)C(C)C3C=CC=CC3=C4)c3c(c2)oc2cc4ccccc4cc23)=NC1c1cccc2c1sc1ccccc12. The van der Waals surface area contributed by atoms with Crippen LogP contribution >= 0.6 is 22.7 Å². The molecular weight excluding hydrogens is 927 g/mol. The topological polar surface area (TPSA) is 42.8 Å². The lowest BCUT2D eigenvalue weighted by Crippen LogP contribution is -2.28. The zero-order valence-corrected chi connectivity index (χ0v) is 41.8. The van der Waals surface area contributed by atoms with E-state index in [1.807, 2.05) is 22.7 Å². The van der Waals surface area contributed by atoms with Crippen LogP contribution in [0.2, 0.25) is 0 Å². The van der Waals surface area contributed by atoms with Gasteiger partial charge in [0.25, 0.3) is 0 Å². The van der Waals surface area contributed by atoms with Crippen molar-refractivity contribution < 1.29 is 4.42 Å². The second kappa shape index (κ2) is 15.7. The number of nitrogens with zero attached hydrogens (tertiary/aromatic N) is 3. The minimum atomic E-state index is -0.200. The highest BCUT2D eigenvalue weighted by Gasteiger charge is 2.36. The van der Waals surface area contributed by atoms with Crippen molar-refractivity contribution in [1.29, 1.82) is 0 Å². The van der Waals surface area contributed by atoms with Crippen molar-refractivity contribution in [3.8, 4) is 5.69 Å². The van der Waals surface area contributed by atoms with Crippen LogP contribution in [-0.2, 0) is 0 Å². The van der Waals surface area contributed by atoms with E-state index in [1.54, 1.807) is 0 Å². The van der Waals surface area contributed by atoms with E-state index in [0.29, 0.717) is 5.92 Å². The second-order valence-electron chi connectivity index (χ2n) is 20.2. The summed E-state index contributed by atoms with van der Waals surface area (Å²) >= 11 is 3.75. The predicted octanol–water partition coefficient (Wildman–Crippen LogP) is 18.8. The number of hydrogen-bond acceptors (Lipinski definition) is 5. The van der Waals surface area contributed by atoms with Crippen LogP contribution in [0.4, 0.5) is 0 Å². The van der Waals surface area contributed by atoms with E-state index in [4.69, 9.17) is 14.4 Å². The molecule has 0 saturated carbocycles. The molecule has 5 heterocycles. The Morgan fingerprint density at radius 1 is 0.603 bits per heavy atom. The Hall–Kier alpha value is -8.16. The zero-order chi connectivity index (χ0) is 48.1. The average molecular weight is 972 g/mol. The Morgan fingerprint density at radius 3 is 2.03 bits per heavy atom. The molecule has 0 amide bonds. The van der Waals surface area contributed by atoms with Gasteiger partial charge in [0.05, 0.1) is 34.0 Å². The molecule has 3 aliphatic rings. The van der Waals surface area contributed by atoms with Crippen molar-refractivity contribution in [3.05, 3.63) is 228 Å². The van der Waals surface area contributed by atoms with E-state index in [9.17, 15) is 0 Å². The van der Waals surface area contributed by atoms with Crippen molar-refractivity contribution in [2.75, 3.05) is 0 Å². The van der Waals surface area contributed by atoms with E-state index < -0.39 is 0 Å². The van der Waals surface area contributed by atoms with Crippen molar-refractivity contribution in [2.45, 2.75) is 32.2 Å². The minimum Gasteiger partial charge on any atom is -0.456 e. The van der Waals surface area contributed by atoms with Gasteiger partial charge in [-0.15, -0.1) is 22.7 Å². The van der Waals surface area contributed by atoms with Gasteiger partial charge in [0.1, 0.15) is 11.2 Å². The zero-order valence-electron chi connectivity index (χ0n) is 40.1. The number of aliphatic imine (C=N–C) groups is 2. The molecule has 73 heavy (non-hydrogen) atoms. The highest BCUT2D eigenvalue weighted by molar-refractivity contribution is 7.26. The molecule has 0 N–H and O–H groups in total. The van der Waals surface area contributed by atoms with Gasteiger partial charge in [-0.2, -0.15) is 0 Å². The van der Waals surface area contributed by atoms with Crippen molar-refractivity contribution in [3.63, 3.8) is 0 Å². The third kappa shape index (κ3) is 6.05. The first-order valence-corrected chi connectivity index (χ1v) is 27.2. The first kappa shape index (κ1) is 41.5. The maximum Gasteiger partial charge on any atom is 0.155 e. The standard InChI is InChI=1S/C67H45N3OS2/c1-3-44-63(50-26-14-24-48-46-22-10-12-28-59(46)72-65(48)50)68-67(69-64(44)51-27-15-25-49-47-23-11-13-29-60(47)73-66(49)51)43-34-56(62-53-31-39-17-5-7-19-41(39)35-57(53)71-58(62)36-43)70-54-32-40-18-6-4-16-38(40)30-52(54)61-37(2)45-21-9-8-20-42(45)33-55(61)70/h4-37,44-45,63H,3H2,1-2H3. The molecule has 0 radical (unpaired) electrons. The molecule has 2 aliphatic carbocycles. The van der Waals surface area contributed by atoms with Gasteiger partial charge in [0.2, 0.25) is 0 Å². The van der Waals surface area contributed by atoms with Crippen LogP contribution in [0.25, 0.3) is 106 Å². The molecule has 0 fully saturated rings. The monoisotopic (exact) mass is 971 g/mol. The number of fused-ring (bicyclic) bond motifs is 15. The number of hydrogen-bond donors (Lipinski definition) is 0. The Kier molecular flexibility index (Phi) is 8.90. The fourth-order valence-corrected chi connectivity index (χ4v) is 15.4. The number of thiophene rings is 2. The van der Waals surface area contributed by atoms with Crippen molar-refractivity contribution in [1.82, 2.24) is 4.57 Å². The van der Waals surface area contributed by atoms with E-state index in [2.05, 4.69) is 219 Å².